The zero-order valence-corrected chi connectivity index (χ0v) is 16.0. The van der Waals surface area contributed by atoms with Gasteiger partial charge >= 0.3 is 0 Å². The standard InChI is InChI=1S/C19H28ClN3O2/c1-14(2)12-18(21-3)19(24)23-10-8-17(9-11-23)22-25-13-15-4-6-16(20)7-5-15/h4-8,14,18,21-22H,9-13H2,1-3H3/t18-/m0/s1. The minimum atomic E-state index is -0.107. The van der Waals surface area contributed by atoms with E-state index < -0.39 is 0 Å². The molecule has 0 radical (unpaired) electrons. The minimum Gasteiger partial charge on any atom is -0.337 e. The fraction of sp³-hybridized carbons (Fsp3) is 0.526. The maximum Gasteiger partial charge on any atom is 0.239 e. The molecule has 1 heterocycles. The van der Waals surface area contributed by atoms with E-state index in [2.05, 4.69) is 24.6 Å². The highest BCUT2D eigenvalue weighted by Crippen LogP contribution is 2.14. The average Bonchev–Trinajstić information content (AvgIpc) is 2.61. The van der Waals surface area contributed by atoms with Gasteiger partial charge in [-0.05, 0) is 43.2 Å². The molecule has 2 rings (SSSR count). The van der Waals surface area contributed by atoms with Gasteiger partial charge in [-0.1, -0.05) is 37.6 Å². The van der Waals surface area contributed by atoms with Crippen LogP contribution in [-0.2, 0) is 16.2 Å². The van der Waals surface area contributed by atoms with E-state index in [1.54, 1.807) is 0 Å². The first kappa shape index (κ1) is 19.8. The Balaban J connectivity index is 1.77. The van der Waals surface area contributed by atoms with Gasteiger partial charge in [-0.15, -0.1) is 0 Å². The van der Waals surface area contributed by atoms with Crippen LogP contribution in [0.15, 0.2) is 36.0 Å². The normalized spacial score (nSPS) is 15.9. The second-order valence-corrected chi connectivity index (χ2v) is 7.19. The van der Waals surface area contributed by atoms with E-state index in [4.69, 9.17) is 16.4 Å². The predicted molar refractivity (Wildman–Crippen MR) is 101 cm³/mol. The molecule has 1 atom stereocenters. The van der Waals surface area contributed by atoms with Crippen LogP contribution in [0.1, 0.15) is 32.3 Å². The maximum absolute atomic E-state index is 12.6. The van der Waals surface area contributed by atoms with Crippen LogP contribution in [0.3, 0.4) is 0 Å². The fourth-order valence-corrected chi connectivity index (χ4v) is 2.91. The van der Waals surface area contributed by atoms with Gasteiger partial charge in [0.2, 0.25) is 5.91 Å². The van der Waals surface area contributed by atoms with Crippen LogP contribution in [0.25, 0.3) is 0 Å². The maximum atomic E-state index is 12.6. The Hall–Kier alpha value is -1.56. The lowest BCUT2D eigenvalue weighted by atomic mass is 10.0. The van der Waals surface area contributed by atoms with Crippen molar-refractivity contribution in [3.63, 3.8) is 0 Å². The van der Waals surface area contributed by atoms with Gasteiger partial charge in [0.15, 0.2) is 0 Å². The summed E-state index contributed by atoms with van der Waals surface area (Å²) in [6.07, 6.45) is 3.64. The van der Waals surface area contributed by atoms with Crippen LogP contribution in [0, 0.1) is 5.92 Å². The molecule has 1 aromatic carbocycles. The summed E-state index contributed by atoms with van der Waals surface area (Å²) >= 11 is 5.86. The molecule has 0 bridgehead atoms. The lowest BCUT2D eigenvalue weighted by Gasteiger charge is -2.30. The van der Waals surface area contributed by atoms with Crippen molar-refractivity contribution in [2.45, 2.75) is 39.3 Å². The highest BCUT2D eigenvalue weighted by atomic mass is 35.5. The van der Waals surface area contributed by atoms with E-state index in [0.717, 1.165) is 24.1 Å². The number of carbonyl (C=O) groups excluding carboxylic acids is 1. The average molecular weight is 366 g/mol. The summed E-state index contributed by atoms with van der Waals surface area (Å²) in [4.78, 5) is 20.0. The second-order valence-electron chi connectivity index (χ2n) is 6.75. The molecule has 2 N–H and O–H groups in total. The quantitative estimate of drug-likeness (QED) is 0.695. The molecule has 0 aliphatic carbocycles. The molecular formula is C19H28ClN3O2. The summed E-state index contributed by atoms with van der Waals surface area (Å²) < 4.78 is 0. The van der Waals surface area contributed by atoms with Crippen molar-refractivity contribution in [1.29, 1.82) is 0 Å². The number of amides is 1. The van der Waals surface area contributed by atoms with Crippen LogP contribution in [0.4, 0.5) is 0 Å². The second kappa shape index (κ2) is 9.80. The molecule has 138 valence electrons. The Morgan fingerprint density at radius 1 is 1.32 bits per heavy atom. The van der Waals surface area contributed by atoms with Gasteiger partial charge in [0.05, 0.1) is 12.6 Å². The lowest BCUT2D eigenvalue weighted by molar-refractivity contribution is -0.133. The van der Waals surface area contributed by atoms with E-state index in [1.807, 2.05) is 42.3 Å². The van der Waals surface area contributed by atoms with E-state index in [9.17, 15) is 4.79 Å². The molecule has 1 aliphatic rings. The van der Waals surface area contributed by atoms with Crippen molar-refractivity contribution < 1.29 is 9.63 Å². The van der Waals surface area contributed by atoms with Gasteiger partial charge in [0.1, 0.15) is 0 Å². The third-order valence-electron chi connectivity index (χ3n) is 4.23. The lowest BCUT2D eigenvalue weighted by Crippen LogP contribution is -2.47. The van der Waals surface area contributed by atoms with Gasteiger partial charge in [0.25, 0.3) is 0 Å². The summed E-state index contributed by atoms with van der Waals surface area (Å²) in [6.45, 7) is 6.05. The Morgan fingerprint density at radius 3 is 2.60 bits per heavy atom. The van der Waals surface area contributed by atoms with Gasteiger partial charge in [0, 0.05) is 30.2 Å². The topological polar surface area (TPSA) is 53.6 Å². The molecule has 25 heavy (non-hydrogen) atoms. The third-order valence-corrected chi connectivity index (χ3v) is 4.48. The number of carbonyl (C=O) groups is 1. The van der Waals surface area contributed by atoms with Gasteiger partial charge < -0.3 is 10.2 Å². The third kappa shape index (κ3) is 6.34. The number of benzene rings is 1. The zero-order chi connectivity index (χ0) is 18.2. The van der Waals surface area contributed by atoms with Crippen molar-refractivity contribution in [3.05, 3.63) is 46.6 Å². The smallest absolute Gasteiger partial charge is 0.239 e. The summed E-state index contributed by atoms with van der Waals surface area (Å²) in [5.74, 6) is 0.661. The first-order valence-electron chi connectivity index (χ1n) is 8.77. The van der Waals surface area contributed by atoms with Gasteiger partial charge in [-0.25, -0.2) is 0 Å². The number of hydrogen-bond acceptors (Lipinski definition) is 4. The molecule has 0 saturated carbocycles. The Bertz CT molecular complexity index is 587. The molecule has 0 unspecified atom stereocenters. The van der Waals surface area contributed by atoms with Crippen molar-refractivity contribution in [2.24, 2.45) is 5.92 Å². The highest BCUT2D eigenvalue weighted by Gasteiger charge is 2.25. The number of rotatable bonds is 8. The predicted octanol–water partition coefficient (Wildman–Crippen LogP) is 3.11. The fourth-order valence-electron chi connectivity index (χ4n) is 2.79. The molecule has 0 fully saturated rings. The van der Waals surface area contributed by atoms with E-state index >= 15 is 0 Å². The first-order valence-corrected chi connectivity index (χ1v) is 9.14. The Morgan fingerprint density at radius 2 is 2.04 bits per heavy atom. The molecule has 1 aliphatic heterocycles. The molecule has 0 saturated heterocycles. The van der Waals surface area contributed by atoms with Crippen molar-refractivity contribution in [2.75, 3.05) is 20.1 Å². The van der Waals surface area contributed by atoms with Crippen LogP contribution in [-0.4, -0.2) is 37.0 Å². The molecule has 1 amide bonds. The zero-order valence-electron chi connectivity index (χ0n) is 15.2. The summed E-state index contributed by atoms with van der Waals surface area (Å²) in [5.41, 5.74) is 5.06. The number of likely N-dealkylation sites (N-methyl/N-ethyl adjacent to an activating group) is 1. The van der Waals surface area contributed by atoms with Gasteiger partial charge in [-0.2, -0.15) is 0 Å². The molecule has 0 aromatic heterocycles. The summed E-state index contributed by atoms with van der Waals surface area (Å²) in [7, 11) is 1.85. The van der Waals surface area contributed by atoms with Crippen molar-refractivity contribution >= 4 is 17.5 Å². The minimum absolute atomic E-state index is 0.107. The summed E-state index contributed by atoms with van der Waals surface area (Å²) in [6, 6.07) is 7.46. The largest absolute Gasteiger partial charge is 0.337 e. The van der Waals surface area contributed by atoms with Crippen molar-refractivity contribution in [1.82, 2.24) is 15.7 Å². The first-order chi connectivity index (χ1) is 12.0. The van der Waals surface area contributed by atoms with Gasteiger partial charge in [-0.3, -0.25) is 15.1 Å². The number of nitrogens with one attached hydrogen (secondary N) is 2. The summed E-state index contributed by atoms with van der Waals surface area (Å²) in [5, 5.41) is 3.85. The van der Waals surface area contributed by atoms with E-state index in [-0.39, 0.29) is 11.9 Å². The number of halogens is 1. The molecular weight excluding hydrogens is 338 g/mol. The Labute approximate surface area is 155 Å². The van der Waals surface area contributed by atoms with Crippen molar-refractivity contribution in [3.8, 4) is 0 Å². The molecule has 5 nitrogen and oxygen atoms in total. The molecule has 1 aromatic rings. The van der Waals surface area contributed by atoms with Crippen LogP contribution < -0.4 is 10.8 Å². The highest BCUT2D eigenvalue weighted by molar-refractivity contribution is 6.30. The molecule has 6 heteroatoms. The number of nitrogens with zero attached hydrogens (tertiary/aromatic N) is 1. The number of hydroxylamine groups is 1. The van der Waals surface area contributed by atoms with Crippen LogP contribution in [0.2, 0.25) is 5.02 Å². The van der Waals surface area contributed by atoms with Crippen LogP contribution in [0.5, 0.6) is 0 Å². The van der Waals surface area contributed by atoms with E-state index in [0.29, 0.717) is 30.6 Å². The molecule has 0 spiro atoms. The SMILES string of the molecule is CN[C@@H](CC(C)C)C(=O)N1CC=C(NOCc2ccc(Cl)cc2)CC1. The Kier molecular flexibility index (Phi) is 7.75. The number of hydrogen-bond donors (Lipinski definition) is 2. The van der Waals surface area contributed by atoms with Crippen LogP contribution >= 0.6 is 11.6 Å². The van der Waals surface area contributed by atoms with E-state index in [1.165, 1.54) is 0 Å². The monoisotopic (exact) mass is 365 g/mol.